The van der Waals surface area contributed by atoms with Crippen molar-refractivity contribution in [3.05, 3.63) is 45.1 Å². The summed E-state index contributed by atoms with van der Waals surface area (Å²) in [6.07, 6.45) is 0.626. The molecule has 2 rings (SSSR count). The van der Waals surface area contributed by atoms with Crippen LogP contribution in [0.1, 0.15) is 60.9 Å². The number of anilines is 1. The minimum absolute atomic E-state index is 0.0159. The van der Waals surface area contributed by atoms with Gasteiger partial charge in [0, 0.05) is 6.42 Å². The molecule has 1 aromatic carbocycles. The molecular formula is C22H25BrN2O5. The van der Waals surface area contributed by atoms with E-state index >= 15 is 0 Å². The normalized spacial score (nSPS) is 11.0. The molecule has 0 aliphatic heterocycles. The van der Waals surface area contributed by atoms with E-state index in [1.165, 1.54) is 19.6 Å². The standard InChI is InChI=1S/C22H25BrN2O5/c1-13-19(21(27)28-5)15(12-24)20(30-13)25-18(26)7-6-10-29-17-9-8-14(11-16(17)23)22(2,3)4/h8-9,11H,6-7,10H2,1-5H3,(H,25,26). The number of ether oxygens (including phenoxy) is 2. The number of carbonyl (C=O) groups excluding carboxylic acids is 2. The first-order valence-corrected chi connectivity index (χ1v) is 10.2. The van der Waals surface area contributed by atoms with Gasteiger partial charge in [0.1, 0.15) is 28.7 Å². The molecule has 0 aliphatic rings. The summed E-state index contributed by atoms with van der Waals surface area (Å²) in [5.41, 5.74) is 1.20. The van der Waals surface area contributed by atoms with Gasteiger partial charge in [-0.25, -0.2) is 4.79 Å². The Morgan fingerprint density at radius 2 is 2.00 bits per heavy atom. The van der Waals surface area contributed by atoms with Gasteiger partial charge in [0.15, 0.2) is 0 Å². The number of furan rings is 1. The summed E-state index contributed by atoms with van der Waals surface area (Å²) in [4.78, 5) is 24.0. The predicted octanol–water partition coefficient (Wildman–Crippen LogP) is 5.10. The van der Waals surface area contributed by atoms with Crippen molar-refractivity contribution in [3.8, 4) is 11.8 Å². The second-order valence-corrected chi connectivity index (χ2v) is 8.59. The van der Waals surface area contributed by atoms with E-state index in [9.17, 15) is 14.9 Å². The quantitative estimate of drug-likeness (QED) is 0.440. The summed E-state index contributed by atoms with van der Waals surface area (Å²) in [6, 6.07) is 7.84. The topological polar surface area (TPSA) is 102 Å². The maximum absolute atomic E-state index is 12.2. The largest absolute Gasteiger partial charge is 0.492 e. The highest BCUT2D eigenvalue weighted by molar-refractivity contribution is 9.10. The van der Waals surface area contributed by atoms with Crippen molar-refractivity contribution in [1.29, 1.82) is 5.26 Å². The third-order valence-electron chi connectivity index (χ3n) is 4.44. The molecule has 0 radical (unpaired) electrons. The van der Waals surface area contributed by atoms with E-state index in [2.05, 4.69) is 46.8 Å². The lowest BCUT2D eigenvalue weighted by Crippen LogP contribution is -2.14. The van der Waals surface area contributed by atoms with Gasteiger partial charge in [-0.1, -0.05) is 26.8 Å². The second kappa shape index (κ2) is 9.81. The first-order chi connectivity index (χ1) is 14.1. The molecule has 0 fully saturated rings. The van der Waals surface area contributed by atoms with Crippen molar-refractivity contribution in [2.75, 3.05) is 19.0 Å². The van der Waals surface area contributed by atoms with E-state index in [-0.39, 0.29) is 40.5 Å². The zero-order chi connectivity index (χ0) is 22.5. The lowest BCUT2D eigenvalue weighted by Gasteiger charge is -2.20. The summed E-state index contributed by atoms with van der Waals surface area (Å²) < 4.78 is 16.6. The summed E-state index contributed by atoms with van der Waals surface area (Å²) in [7, 11) is 1.21. The van der Waals surface area contributed by atoms with Crippen LogP contribution in [0.2, 0.25) is 0 Å². The van der Waals surface area contributed by atoms with E-state index in [0.29, 0.717) is 18.8 Å². The molecule has 0 saturated heterocycles. The number of methoxy groups -OCH3 is 1. The fourth-order valence-electron chi connectivity index (χ4n) is 2.78. The van der Waals surface area contributed by atoms with E-state index in [1.54, 1.807) is 0 Å². The van der Waals surface area contributed by atoms with Gasteiger partial charge in [0.25, 0.3) is 0 Å². The van der Waals surface area contributed by atoms with Gasteiger partial charge >= 0.3 is 5.97 Å². The molecule has 30 heavy (non-hydrogen) atoms. The average Bonchev–Trinajstić information content (AvgIpc) is 2.99. The summed E-state index contributed by atoms with van der Waals surface area (Å²) >= 11 is 3.52. The van der Waals surface area contributed by atoms with E-state index in [4.69, 9.17) is 9.15 Å². The molecule has 0 aliphatic carbocycles. The molecule has 8 heteroatoms. The fourth-order valence-corrected chi connectivity index (χ4v) is 3.27. The highest BCUT2D eigenvalue weighted by Gasteiger charge is 2.25. The Morgan fingerprint density at radius 3 is 2.57 bits per heavy atom. The Labute approximate surface area is 184 Å². The van der Waals surface area contributed by atoms with Crippen molar-refractivity contribution in [1.82, 2.24) is 0 Å². The van der Waals surface area contributed by atoms with Crippen LogP contribution in [0.4, 0.5) is 5.88 Å². The smallest absolute Gasteiger partial charge is 0.342 e. The summed E-state index contributed by atoms with van der Waals surface area (Å²) in [5.74, 6) is -0.172. The van der Waals surface area contributed by atoms with Crippen molar-refractivity contribution >= 4 is 33.7 Å². The summed E-state index contributed by atoms with van der Waals surface area (Å²) in [5, 5.41) is 11.8. The van der Waals surface area contributed by atoms with Crippen molar-refractivity contribution in [3.63, 3.8) is 0 Å². The number of hydrogen-bond acceptors (Lipinski definition) is 6. The number of nitriles is 1. The lowest BCUT2D eigenvalue weighted by molar-refractivity contribution is -0.116. The van der Waals surface area contributed by atoms with Crippen LogP contribution in [-0.4, -0.2) is 25.6 Å². The van der Waals surface area contributed by atoms with Crippen LogP contribution in [0.5, 0.6) is 5.75 Å². The zero-order valence-electron chi connectivity index (χ0n) is 17.7. The fraction of sp³-hybridized carbons (Fsp3) is 0.409. The van der Waals surface area contributed by atoms with Gasteiger partial charge in [-0.3, -0.25) is 10.1 Å². The number of rotatable bonds is 7. The van der Waals surface area contributed by atoms with Gasteiger partial charge in [0.05, 0.1) is 18.2 Å². The number of hydrogen-bond donors (Lipinski definition) is 1. The number of halogens is 1. The van der Waals surface area contributed by atoms with Crippen LogP contribution >= 0.6 is 15.9 Å². The van der Waals surface area contributed by atoms with Crippen LogP contribution in [0.3, 0.4) is 0 Å². The Morgan fingerprint density at radius 1 is 1.30 bits per heavy atom. The van der Waals surface area contributed by atoms with Gasteiger partial charge in [-0.15, -0.1) is 0 Å². The first-order valence-electron chi connectivity index (χ1n) is 9.43. The lowest BCUT2D eigenvalue weighted by atomic mass is 9.87. The maximum atomic E-state index is 12.2. The highest BCUT2D eigenvalue weighted by atomic mass is 79.9. The van der Waals surface area contributed by atoms with Crippen LogP contribution < -0.4 is 10.1 Å². The Balaban J connectivity index is 1.91. The molecule has 0 bridgehead atoms. The third-order valence-corrected chi connectivity index (χ3v) is 5.06. The highest BCUT2D eigenvalue weighted by Crippen LogP contribution is 2.31. The zero-order valence-corrected chi connectivity index (χ0v) is 19.3. The molecule has 2 aromatic rings. The number of aryl methyl sites for hydroxylation is 1. The molecule has 1 aromatic heterocycles. The minimum Gasteiger partial charge on any atom is -0.492 e. The van der Waals surface area contributed by atoms with E-state index < -0.39 is 5.97 Å². The van der Waals surface area contributed by atoms with Crippen LogP contribution in [0.25, 0.3) is 0 Å². The SMILES string of the molecule is COC(=O)c1c(C)oc(NC(=O)CCCOc2ccc(C(C)(C)C)cc2Br)c1C#N. The molecule has 7 nitrogen and oxygen atoms in total. The molecule has 1 N–H and O–H groups in total. The number of carbonyl (C=O) groups is 2. The number of esters is 1. The maximum Gasteiger partial charge on any atom is 0.342 e. The third kappa shape index (κ3) is 5.63. The van der Waals surface area contributed by atoms with Gasteiger partial charge in [-0.05, 0) is 52.4 Å². The average molecular weight is 477 g/mol. The molecule has 0 saturated carbocycles. The van der Waals surface area contributed by atoms with Crippen LogP contribution in [0.15, 0.2) is 27.1 Å². The monoisotopic (exact) mass is 476 g/mol. The van der Waals surface area contributed by atoms with E-state index in [0.717, 1.165) is 4.47 Å². The van der Waals surface area contributed by atoms with Crippen molar-refractivity contribution in [2.45, 2.75) is 46.0 Å². The molecule has 0 atom stereocenters. The molecule has 160 valence electrons. The number of amides is 1. The molecule has 1 amide bonds. The molecule has 1 heterocycles. The van der Waals surface area contributed by atoms with Gasteiger partial charge in [-0.2, -0.15) is 5.26 Å². The van der Waals surface area contributed by atoms with Gasteiger partial charge < -0.3 is 13.9 Å². The van der Waals surface area contributed by atoms with Crippen molar-refractivity contribution < 1.29 is 23.5 Å². The Kier molecular flexibility index (Phi) is 7.68. The molecule has 0 spiro atoms. The number of nitrogens with zero attached hydrogens (tertiary/aromatic N) is 1. The molecular weight excluding hydrogens is 452 g/mol. The Hall–Kier alpha value is -2.79. The van der Waals surface area contributed by atoms with Crippen molar-refractivity contribution in [2.24, 2.45) is 0 Å². The van der Waals surface area contributed by atoms with Crippen LogP contribution in [0, 0.1) is 18.3 Å². The first kappa shape index (κ1) is 23.5. The second-order valence-electron chi connectivity index (χ2n) is 7.74. The number of benzene rings is 1. The predicted molar refractivity (Wildman–Crippen MR) is 116 cm³/mol. The molecule has 0 unspecified atom stereocenters. The van der Waals surface area contributed by atoms with Gasteiger partial charge in [0.2, 0.25) is 11.8 Å². The number of nitrogens with one attached hydrogen (secondary N) is 1. The summed E-state index contributed by atoms with van der Waals surface area (Å²) in [6.45, 7) is 8.29. The van der Waals surface area contributed by atoms with Crippen LogP contribution in [-0.2, 0) is 14.9 Å². The Bertz CT molecular complexity index is 983. The minimum atomic E-state index is -0.690. The van der Waals surface area contributed by atoms with E-state index in [1.807, 2.05) is 24.3 Å².